The SMILES string of the molecule is C[C@H]1CCCN(C)C(C(=O)O)C1. The molecule has 12 heavy (non-hydrogen) atoms. The second-order valence-corrected chi connectivity index (χ2v) is 3.82. The fourth-order valence-electron chi connectivity index (χ4n) is 1.81. The van der Waals surface area contributed by atoms with Gasteiger partial charge >= 0.3 is 5.97 Å². The molecule has 1 saturated heterocycles. The standard InChI is InChI=1S/C9H17NO2/c1-7-4-3-5-10(2)8(6-7)9(11)12/h7-8H,3-6H2,1-2H3,(H,11,12)/t7-,8?/m0/s1. The van der Waals surface area contributed by atoms with E-state index in [1.807, 2.05) is 11.9 Å². The van der Waals surface area contributed by atoms with E-state index in [1.54, 1.807) is 0 Å². The monoisotopic (exact) mass is 171 g/mol. The number of carbonyl (C=O) groups is 1. The summed E-state index contributed by atoms with van der Waals surface area (Å²) in [5.74, 6) is -0.123. The van der Waals surface area contributed by atoms with Gasteiger partial charge in [0, 0.05) is 0 Å². The van der Waals surface area contributed by atoms with Gasteiger partial charge in [-0.25, -0.2) is 0 Å². The van der Waals surface area contributed by atoms with Gasteiger partial charge in [0.1, 0.15) is 6.04 Å². The quantitative estimate of drug-likeness (QED) is 0.644. The summed E-state index contributed by atoms with van der Waals surface area (Å²) in [5.41, 5.74) is 0. The molecular formula is C9H17NO2. The van der Waals surface area contributed by atoms with E-state index in [0.29, 0.717) is 5.92 Å². The number of carboxylic acid groups (broad SMARTS) is 1. The van der Waals surface area contributed by atoms with Gasteiger partial charge in [-0.15, -0.1) is 0 Å². The zero-order valence-electron chi connectivity index (χ0n) is 7.79. The smallest absolute Gasteiger partial charge is 0.320 e. The maximum absolute atomic E-state index is 10.8. The van der Waals surface area contributed by atoms with Crippen LogP contribution in [0.2, 0.25) is 0 Å². The first-order valence-electron chi connectivity index (χ1n) is 4.54. The highest BCUT2D eigenvalue weighted by Gasteiger charge is 2.26. The third-order valence-corrected chi connectivity index (χ3v) is 2.65. The fourth-order valence-corrected chi connectivity index (χ4v) is 1.81. The predicted molar refractivity (Wildman–Crippen MR) is 47.1 cm³/mol. The topological polar surface area (TPSA) is 40.5 Å². The largest absolute Gasteiger partial charge is 0.480 e. The number of likely N-dealkylation sites (tertiary alicyclic amines) is 1. The lowest BCUT2D eigenvalue weighted by Gasteiger charge is -2.22. The normalized spacial score (nSPS) is 32.8. The van der Waals surface area contributed by atoms with E-state index in [2.05, 4.69) is 6.92 Å². The lowest BCUT2D eigenvalue weighted by molar-refractivity contribution is -0.143. The van der Waals surface area contributed by atoms with Crippen molar-refractivity contribution in [3.8, 4) is 0 Å². The van der Waals surface area contributed by atoms with Crippen LogP contribution in [0, 0.1) is 5.92 Å². The van der Waals surface area contributed by atoms with Gasteiger partial charge in [-0.1, -0.05) is 6.92 Å². The molecule has 1 fully saturated rings. The summed E-state index contributed by atoms with van der Waals surface area (Å²) in [6, 6.07) is -0.262. The molecule has 0 aromatic rings. The molecule has 3 nitrogen and oxygen atoms in total. The molecule has 1 unspecified atom stereocenters. The van der Waals surface area contributed by atoms with Gasteiger partial charge in [-0.05, 0) is 38.8 Å². The van der Waals surface area contributed by atoms with Gasteiger partial charge in [0.25, 0.3) is 0 Å². The third-order valence-electron chi connectivity index (χ3n) is 2.65. The van der Waals surface area contributed by atoms with Crippen molar-refractivity contribution >= 4 is 5.97 Å². The van der Waals surface area contributed by atoms with Crippen molar-refractivity contribution in [3.05, 3.63) is 0 Å². The molecule has 0 aliphatic carbocycles. The lowest BCUT2D eigenvalue weighted by Crippen LogP contribution is -2.38. The highest BCUT2D eigenvalue weighted by Crippen LogP contribution is 2.20. The van der Waals surface area contributed by atoms with E-state index in [1.165, 1.54) is 0 Å². The Balaban J connectivity index is 2.60. The van der Waals surface area contributed by atoms with Crippen molar-refractivity contribution in [3.63, 3.8) is 0 Å². The number of aliphatic carboxylic acids is 1. The highest BCUT2D eigenvalue weighted by molar-refractivity contribution is 5.73. The second-order valence-electron chi connectivity index (χ2n) is 3.82. The first kappa shape index (κ1) is 9.52. The minimum atomic E-state index is -0.675. The van der Waals surface area contributed by atoms with Crippen LogP contribution < -0.4 is 0 Å². The van der Waals surface area contributed by atoms with Crippen LogP contribution in [-0.2, 0) is 4.79 Å². The highest BCUT2D eigenvalue weighted by atomic mass is 16.4. The number of likely N-dealkylation sites (N-methyl/N-ethyl adjacent to an activating group) is 1. The van der Waals surface area contributed by atoms with Crippen LogP contribution in [0.25, 0.3) is 0 Å². The average Bonchev–Trinajstić information content (AvgIpc) is 2.13. The molecule has 1 rings (SSSR count). The minimum Gasteiger partial charge on any atom is -0.480 e. The molecule has 1 aliphatic heterocycles. The molecule has 0 aromatic heterocycles. The van der Waals surface area contributed by atoms with Crippen molar-refractivity contribution in [1.29, 1.82) is 0 Å². The first-order chi connectivity index (χ1) is 5.61. The minimum absolute atomic E-state index is 0.262. The third kappa shape index (κ3) is 2.21. The summed E-state index contributed by atoms with van der Waals surface area (Å²) in [5, 5.41) is 8.91. The van der Waals surface area contributed by atoms with Gasteiger partial charge < -0.3 is 5.11 Å². The molecule has 0 aromatic carbocycles. The maximum Gasteiger partial charge on any atom is 0.320 e. The van der Waals surface area contributed by atoms with E-state index in [0.717, 1.165) is 25.8 Å². The summed E-state index contributed by atoms with van der Waals surface area (Å²) in [4.78, 5) is 12.8. The Labute approximate surface area is 73.4 Å². The van der Waals surface area contributed by atoms with Crippen LogP contribution in [0.1, 0.15) is 26.2 Å². The summed E-state index contributed by atoms with van der Waals surface area (Å²) in [6.07, 6.45) is 3.08. The molecular weight excluding hydrogens is 154 g/mol. The molecule has 3 heteroatoms. The molecule has 0 saturated carbocycles. The summed E-state index contributed by atoms with van der Waals surface area (Å²) in [6.45, 7) is 3.05. The molecule has 0 amide bonds. The van der Waals surface area contributed by atoms with E-state index in [9.17, 15) is 4.79 Å². The lowest BCUT2D eigenvalue weighted by atomic mass is 9.99. The zero-order chi connectivity index (χ0) is 9.14. The Hall–Kier alpha value is -0.570. The summed E-state index contributed by atoms with van der Waals surface area (Å²) < 4.78 is 0. The van der Waals surface area contributed by atoms with E-state index in [-0.39, 0.29) is 6.04 Å². The predicted octanol–water partition coefficient (Wildman–Crippen LogP) is 1.19. The molecule has 0 radical (unpaired) electrons. The fraction of sp³-hybridized carbons (Fsp3) is 0.889. The average molecular weight is 171 g/mol. The van der Waals surface area contributed by atoms with Crippen molar-refractivity contribution in [2.24, 2.45) is 5.92 Å². The van der Waals surface area contributed by atoms with E-state index in [4.69, 9.17) is 5.11 Å². The zero-order valence-corrected chi connectivity index (χ0v) is 7.79. The van der Waals surface area contributed by atoms with Crippen molar-refractivity contribution in [2.75, 3.05) is 13.6 Å². The Morgan fingerprint density at radius 2 is 2.25 bits per heavy atom. The van der Waals surface area contributed by atoms with Crippen LogP contribution in [0.5, 0.6) is 0 Å². The summed E-state index contributed by atoms with van der Waals surface area (Å²) >= 11 is 0. The molecule has 0 spiro atoms. The molecule has 1 heterocycles. The van der Waals surface area contributed by atoms with Crippen LogP contribution in [0.3, 0.4) is 0 Å². The summed E-state index contributed by atoms with van der Waals surface area (Å²) in [7, 11) is 1.90. The van der Waals surface area contributed by atoms with Crippen molar-refractivity contribution in [1.82, 2.24) is 4.90 Å². The van der Waals surface area contributed by atoms with Crippen molar-refractivity contribution in [2.45, 2.75) is 32.2 Å². The van der Waals surface area contributed by atoms with Gasteiger partial charge in [0.05, 0.1) is 0 Å². The van der Waals surface area contributed by atoms with Gasteiger partial charge in [-0.2, -0.15) is 0 Å². The number of rotatable bonds is 1. The van der Waals surface area contributed by atoms with Gasteiger partial charge in [0.15, 0.2) is 0 Å². The van der Waals surface area contributed by atoms with Crippen LogP contribution in [-0.4, -0.2) is 35.6 Å². The number of carboxylic acids is 1. The number of hydrogen-bond acceptors (Lipinski definition) is 2. The Morgan fingerprint density at radius 1 is 1.58 bits per heavy atom. The molecule has 0 bridgehead atoms. The van der Waals surface area contributed by atoms with Gasteiger partial charge in [0.2, 0.25) is 0 Å². The molecule has 70 valence electrons. The van der Waals surface area contributed by atoms with Gasteiger partial charge in [-0.3, -0.25) is 9.69 Å². The molecule has 2 atom stereocenters. The Kier molecular flexibility index (Phi) is 3.09. The Bertz CT molecular complexity index is 170. The molecule has 1 aliphatic rings. The van der Waals surface area contributed by atoms with Crippen molar-refractivity contribution < 1.29 is 9.90 Å². The second kappa shape index (κ2) is 3.90. The first-order valence-corrected chi connectivity index (χ1v) is 4.54. The number of hydrogen-bond donors (Lipinski definition) is 1. The van der Waals surface area contributed by atoms with Crippen LogP contribution >= 0.6 is 0 Å². The van der Waals surface area contributed by atoms with Crippen LogP contribution in [0.15, 0.2) is 0 Å². The Morgan fingerprint density at radius 3 is 2.83 bits per heavy atom. The molecule has 1 N–H and O–H groups in total. The maximum atomic E-state index is 10.8. The van der Waals surface area contributed by atoms with E-state index >= 15 is 0 Å². The van der Waals surface area contributed by atoms with Crippen LogP contribution in [0.4, 0.5) is 0 Å². The number of nitrogens with zero attached hydrogens (tertiary/aromatic N) is 1. The van der Waals surface area contributed by atoms with E-state index < -0.39 is 5.97 Å².